The summed E-state index contributed by atoms with van der Waals surface area (Å²) in [4.78, 5) is 12.3. The van der Waals surface area contributed by atoms with Gasteiger partial charge in [0, 0.05) is 29.8 Å². The van der Waals surface area contributed by atoms with Gasteiger partial charge in [-0.25, -0.2) is 0 Å². The first kappa shape index (κ1) is 14.0. The molecule has 0 aromatic carbocycles. The predicted octanol–water partition coefficient (Wildman–Crippen LogP) is 2.26. The molecule has 0 aliphatic heterocycles. The first-order valence-electron chi connectivity index (χ1n) is 6.20. The van der Waals surface area contributed by atoms with Crippen LogP contribution >= 0.6 is 0 Å². The number of hydrogen-bond donors (Lipinski definition) is 1. The Morgan fingerprint density at radius 2 is 1.88 bits per heavy atom. The van der Waals surface area contributed by atoms with Crippen LogP contribution in [-0.2, 0) is 18.5 Å². The van der Waals surface area contributed by atoms with Gasteiger partial charge in [-0.05, 0) is 12.0 Å². The average Bonchev–Trinajstić information content (AvgIpc) is 2.18. The van der Waals surface area contributed by atoms with Crippen molar-refractivity contribution in [2.24, 2.45) is 11.7 Å². The fourth-order valence-corrected chi connectivity index (χ4v) is 1.98. The fourth-order valence-electron chi connectivity index (χ4n) is 1.98. The Kier molecular flexibility index (Phi) is 4.15. The van der Waals surface area contributed by atoms with Gasteiger partial charge in [0.1, 0.15) is 0 Å². The molecule has 0 radical (unpaired) electrons. The van der Waals surface area contributed by atoms with Gasteiger partial charge in [0.05, 0.1) is 0 Å². The van der Waals surface area contributed by atoms with Gasteiger partial charge < -0.3 is 10.3 Å². The van der Waals surface area contributed by atoms with Crippen LogP contribution < -0.4 is 11.3 Å². The van der Waals surface area contributed by atoms with Crippen molar-refractivity contribution in [3.63, 3.8) is 0 Å². The van der Waals surface area contributed by atoms with Crippen LogP contribution in [0.3, 0.4) is 0 Å². The molecule has 1 aromatic rings. The quantitative estimate of drug-likeness (QED) is 0.875. The molecule has 1 heterocycles. The van der Waals surface area contributed by atoms with Gasteiger partial charge in [0.2, 0.25) is 0 Å². The molecule has 0 saturated heterocycles. The van der Waals surface area contributed by atoms with E-state index in [-0.39, 0.29) is 11.0 Å². The molecule has 0 spiro atoms. The van der Waals surface area contributed by atoms with Gasteiger partial charge in [-0.3, -0.25) is 4.79 Å². The SMILES string of the molecule is CC(C)Cn1c(C(C)(C)C)ccc(CN)c1=O. The smallest absolute Gasteiger partial charge is 0.255 e. The Morgan fingerprint density at radius 1 is 1.29 bits per heavy atom. The van der Waals surface area contributed by atoms with Crippen molar-refractivity contribution in [1.29, 1.82) is 0 Å². The maximum atomic E-state index is 12.3. The van der Waals surface area contributed by atoms with Crippen LogP contribution in [0.25, 0.3) is 0 Å². The second-order valence-corrected chi connectivity index (χ2v) is 6.01. The Bertz CT molecular complexity index is 439. The van der Waals surface area contributed by atoms with E-state index in [1.54, 1.807) is 0 Å². The van der Waals surface area contributed by atoms with Gasteiger partial charge in [0.15, 0.2) is 0 Å². The zero-order chi connectivity index (χ0) is 13.2. The number of aromatic nitrogens is 1. The zero-order valence-electron chi connectivity index (χ0n) is 11.6. The Morgan fingerprint density at radius 3 is 2.29 bits per heavy atom. The predicted molar refractivity (Wildman–Crippen MR) is 72.1 cm³/mol. The summed E-state index contributed by atoms with van der Waals surface area (Å²) in [6.07, 6.45) is 0. The van der Waals surface area contributed by atoms with Gasteiger partial charge in [-0.15, -0.1) is 0 Å². The fraction of sp³-hybridized carbons (Fsp3) is 0.643. The highest BCUT2D eigenvalue weighted by Gasteiger charge is 2.20. The monoisotopic (exact) mass is 236 g/mol. The van der Waals surface area contributed by atoms with Crippen molar-refractivity contribution < 1.29 is 0 Å². The second-order valence-electron chi connectivity index (χ2n) is 6.01. The Hall–Kier alpha value is -1.09. The number of hydrogen-bond acceptors (Lipinski definition) is 2. The van der Waals surface area contributed by atoms with Crippen molar-refractivity contribution in [2.75, 3.05) is 0 Å². The van der Waals surface area contributed by atoms with E-state index in [4.69, 9.17) is 5.73 Å². The molecule has 0 aliphatic rings. The molecule has 0 bridgehead atoms. The van der Waals surface area contributed by atoms with Gasteiger partial charge in [0.25, 0.3) is 5.56 Å². The number of rotatable bonds is 3. The normalized spacial score (nSPS) is 12.2. The lowest BCUT2D eigenvalue weighted by molar-refractivity contribution is 0.445. The maximum Gasteiger partial charge on any atom is 0.255 e. The summed E-state index contributed by atoms with van der Waals surface area (Å²) in [6, 6.07) is 3.89. The van der Waals surface area contributed by atoms with E-state index in [9.17, 15) is 4.79 Å². The highest BCUT2D eigenvalue weighted by molar-refractivity contribution is 5.21. The average molecular weight is 236 g/mol. The molecule has 2 N–H and O–H groups in total. The Labute approximate surface area is 104 Å². The molecule has 3 nitrogen and oxygen atoms in total. The highest BCUT2D eigenvalue weighted by Crippen LogP contribution is 2.21. The van der Waals surface area contributed by atoms with Crippen LogP contribution in [0.1, 0.15) is 45.9 Å². The molecule has 0 unspecified atom stereocenters. The van der Waals surface area contributed by atoms with Crippen LogP contribution in [0.5, 0.6) is 0 Å². The Balaban J connectivity index is 3.42. The zero-order valence-corrected chi connectivity index (χ0v) is 11.6. The van der Waals surface area contributed by atoms with E-state index in [2.05, 4.69) is 34.6 Å². The molecular weight excluding hydrogens is 212 g/mol. The first-order chi connectivity index (χ1) is 7.77. The number of pyridine rings is 1. The third-order valence-electron chi connectivity index (χ3n) is 2.79. The summed E-state index contributed by atoms with van der Waals surface area (Å²) < 4.78 is 1.88. The summed E-state index contributed by atoms with van der Waals surface area (Å²) in [5.74, 6) is 0.446. The maximum absolute atomic E-state index is 12.3. The molecule has 1 rings (SSSR count). The minimum atomic E-state index is -0.0266. The third kappa shape index (κ3) is 3.19. The second kappa shape index (κ2) is 5.05. The standard InChI is InChI=1S/C14H24N2O/c1-10(2)9-16-12(14(3,4)5)7-6-11(8-15)13(16)17/h6-7,10H,8-9,15H2,1-5H3. The van der Waals surface area contributed by atoms with Crippen LogP contribution in [0.2, 0.25) is 0 Å². The van der Waals surface area contributed by atoms with Gasteiger partial charge in [-0.2, -0.15) is 0 Å². The molecule has 0 fully saturated rings. The van der Waals surface area contributed by atoms with Crippen LogP contribution in [0.15, 0.2) is 16.9 Å². The summed E-state index contributed by atoms with van der Waals surface area (Å²) >= 11 is 0. The van der Waals surface area contributed by atoms with Crippen molar-refractivity contribution in [1.82, 2.24) is 4.57 Å². The summed E-state index contributed by atoms with van der Waals surface area (Å²) in [5.41, 5.74) is 7.40. The van der Waals surface area contributed by atoms with Crippen LogP contribution in [0, 0.1) is 5.92 Å². The van der Waals surface area contributed by atoms with E-state index in [1.165, 1.54) is 0 Å². The molecule has 0 saturated carbocycles. The van der Waals surface area contributed by atoms with E-state index >= 15 is 0 Å². The third-order valence-corrected chi connectivity index (χ3v) is 2.79. The molecule has 1 aromatic heterocycles. The summed E-state index contributed by atoms with van der Waals surface area (Å²) in [6.45, 7) is 11.7. The van der Waals surface area contributed by atoms with E-state index < -0.39 is 0 Å². The minimum absolute atomic E-state index is 0.0266. The molecule has 0 atom stereocenters. The van der Waals surface area contributed by atoms with Gasteiger partial charge >= 0.3 is 0 Å². The van der Waals surface area contributed by atoms with Gasteiger partial charge in [-0.1, -0.05) is 40.7 Å². The lowest BCUT2D eigenvalue weighted by Gasteiger charge is -2.25. The number of nitrogens with two attached hydrogens (primary N) is 1. The largest absolute Gasteiger partial charge is 0.326 e. The van der Waals surface area contributed by atoms with E-state index in [0.29, 0.717) is 18.0 Å². The molecule has 0 amide bonds. The lowest BCUT2D eigenvalue weighted by atomic mass is 9.90. The van der Waals surface area contributed by atoms with Crippen molar-refractivity contribution in [2.45, 2.75) is 53.1 Å². The number of nitrogens with zero attached hydrogens (tertiary/aromatic N) is 1. The molecule has 17 heavy (non-hydrogen) atoms. The summed E-state index contributed by atoms with van der Waals surface area (Å²) in [7, 11) is 0. The van der Waals surface area contributed by atoms with Crippen molar-refractivity contribution >= 4 is 0 Å². The van der Waals surface area contributed by atoms with E-state index in [1.807, 2.05) is 16.7 Å². The van der Waals surface area contributed by atoms with Crippen molar-refractivity contribution in [3.05, 3.63) is 33.7 Å². The van der Waals surface area contributed by atoms with Crippen LogP contribution in [-0.4, -0.2) is 4.57 Å². The molecular formula is C14H24N2O. The molecule has 96 valence electrons. The van der Waals surface area contributed by atoms with Crippen molar-refractivity contribution in [3.8, 4) is 0 Å². The van der Waals surface area contributed by atoms with E-state index in [0.717, 1.165) is 12.2 Å². The summed E-state index contributed by atoms with van der Waals surface area (Å²) in [5, 5.41) is 0. The van der Waals surface area contributed by atoms with Crippen LogP contribution in [0.4, 0.5) is 0 Å². The topological polar surface area (TPSA) is 48.0 Å². The minimum Gasteiger partial charge on any atom is -0.326 e. The molecule has 3 heteroatoms. The molecule has 0 aliphatic carbocycles. The lowest BCUT2D eigenvalue weighted by Crippen LogP contribution is -2.33. The highest BCUT2D eigenvalue weighted by atomic mass is 16.1. The first-order valence-corrected chi connectivity index (χ1v) is 6.20.